The predicted octanol–water partition coefficient (Wildman–Crippen LogP) is 8.56. The van der Waals surface area contributed by atoms with Crippen LogP contribution in [0.3, 0.4) is 0 Å². The Morgan fingerprint density at radius 3 is 1.22 bits per heavy atom. The van der Waals surface area contributed by atoms with Crippen molar-refractivity contribution in [3.63, 3.8) is 0 Å². The molecule has 7 nitrogen and oxygen atoms in total. The van der Waals surface area contributed by atoms with Gasteiger partial charge in [0.2, 0.25) is 0 Å². The molecule has 0 saturated carbocycles. The van der Waals surface area contributed by atoms with E-state index in [1.54, 1.807) is 109 Å². The Morgan fingerprint density at radius 1 is 0.580 bits per heavy atom. The molecule has 0 fully saturated rings. The third-order valence-electron chi connectivity index (χ3n) is 6.27. The molecule has 0 radical (unpaired) electrons. The molecule has 0 aliphatic heterocycles. The molecule has 50 heavy (non-hydrogen) atoms. The summed E-state index contributed by atoms with van der Waals surface area (Å²) in [6.07, 6.45) is -10.8. The summed E-state index contributed by atoms with van der Waals surface area (Å²) in [4.78, 5) is -1.32. The molecule has 4 aromatic rings. The van der Waals surface area contributed by atoms with Gasteiger partial charge in [0.15, 0.2) is 0 Å². The first-order valence-electron chi connectivity index (χ1n) is 14.5. The standard InChI is InChI=1S/C29H21F6NO3S.3C2H6N.Ta/c30-28(31,32)23-17-24(29(33,34)35)19-25(18-23)40(38,39)36-26(16-20-10-4-1-5-11-20)27(37,21-12-6-2-7-13-21)22-14-8-3-9-15-22;3*1-3-2;/h1-15,17-19,26H,16H2;3*1-2H3;/q-2;3*-1;+5/t26-;;;;/m0..../s1. The van der Waals surface area contributed by atoms with Gasteiger partial charge in [0, 0.05) is 4.90 Å². The Labute approximate surface area is 306 Å². The first-order valence-corrected chi connectivity index (χ1v) is 16.0. The minimum absolute atomic E-state index is 0. The van der Waals surface area contributed by atoms with E-state index < -0.39 is 50.0 Å². The van der Waals surface area contributed by atoms with Crippen LogP contribution in [0.15, 0.2) is 114 Å². The average Bonchev–Trinajstić information content (AvgIpc) is 3.05. The van der Waals surface area contributed by atoms with E-state index in [9.17, 15) is 39.9 Å². The number of hydrogen-bond donors (Lipinski definition) is 0. The van der Waals surface area contributed by atoms with Crippen LogP contribution in [0.25, 0.3) is 20.7 Å². The minimum atomic E-state index is -5.27. The molecule has 0 saturated heterocycles. The summed E-state index contributed by atoms with van der Waals surface area (Å²) < 4.78 is 111. The second-order valence-corrected chi connectivity index (χ2v) is 12.0. The molecule has 0 bridgehead atoms. The van der Waals surface area contributed by atoms with Crippen LogP contribution in [0.4, 0.5) is 26.3 Å². The summed E-state index contributed by atoms with van der Waals surface area (Å²) in [6, 6.07) is 21.8. The van der Waals surface area contributed by atoms with E-state index in [0.29, 0.717) is 5.56 Å². The molecule has 4 rings (SSSR count). The van der Waals surface area contributed by atoms with E-state index >= 15 is 0 Å². The van der Waals surface area contributed by atoms with Crippen molar-refractivity contribution in [3.05, 3.63) is 158 Å². The molecular formula is C35H39F6N4O3STa. The van der Waals surface area contributed by atoms with E-state index in [1.165, 1.54) is 24.3 Å². The molecule has 1 atom stereocenters. The van der Waals surface area contributed by atoms with Gasteiger partial charge in [-0.3, -0.25) is 0 Å². The van der Waals surface area contributed by atoms with Gasteiger partial charge in [0.1, 0.15) is 10.0 Å². The Kier molecular flexibility index (Phi) is 20.7. The maximum Gasteiger partial charge on any atom is 5.00 e. The molecule has 0 spiro atoms. The van der Waals surface area contributed by atoms with Gasteiger partial charge in [-0.1, -0.05) is 108 Å². The van der Waals surface area contributed by atoms with Crippen molar-refractivity contribution < 1.29 is 62.2 Å². The van der Waals surface area contributed by atoms with Crippen LogP contribution in [0.5, 0.6) is 0 Å². The van der Waals surface area contributed by atoms with E-state index in [2.05, 4.69) is 20.7 Å². The van der Waals surface area contributed by atoms with Gasteiger partial charge in [0.25, 0.3) is 0 Å². The second-order valence-electron chi connectivity index (χ2n) is 10.3. The van der Waals surface area contributed by atoms with Gasteiger partial charge >= 0.3 is 34.7 Å². The molecular weight excluding hydrogens is 851 g/mol. The first kappa shape index (κ1) is 47.0. The zero-order chi connectivity index (χ0) is 37.3. The van der Waals surface area contributed by atoms with Gasteiger partial charge in [0.05, 0.1) is 11.1 Å². The molecule has 0 aliphatic rings. The number of sulfonamides is 1. The molecule has 0 amide bonds. The van der Waals surface area contributed by atoms with Crippen molar-refractivity contribution in [1.82, 2.24) is 0 Å². The van der Waals surface area contributed by atoms with E-state index in [0.717, 1.165) is 0 Å². The molecule has 270 valence electrons. The fourth-order valence-corrected chi connectivity index (χ4v) is 5.55. The van der Waals surface area contributed by atoms with Gasteiger partial charge in [-0.25, -0.2) is 8.42 Å². The number of rotatable bonds is 8. The van der Waals surface area contributed by atoms with Gasteiger partial charge in [-0.05, 0) is 30.2 Å². The zero-order valence-electron chi connectivity index (χ0n) is 28.3. The van der Waals surface area contributed by atoms with Crippen LogP contribution in [0, 0.1) is 0 Å². The SMILES string of the molecule is C[N-]C.C[N-]C.C[N-]C.O=S(=O)([N-][C@@H](Cc1ccccc1)C([O-])(c1ccccc1)c1ccccc1)c1cc(C(F)(F)F)cc(C(F)(F)F)c1.[Ta+5]. The van der Waals surface area contributed by atoms with Crippen molar-refractivity contribution in [2.24, 2.45) is 0 Å². The van der Waals surface area contributed by atoms with Crippen LogP contribution in [0.1, 0.15) is 27.8 Å². The quantitative estimate of drug-likeness (QED) is 0.165. The van der Waals surface area contributed by atoms with Crippen molar-refractivity contribution in [1.29, 1.82) is 0 Å². The monoisotopic (exact) mass is 890 g/mol. The van der Waals surface area contributed by atoms with Crippen molar-refractivity contribution in [3.8, 4) is 0 Å². The summed E-state index contributed by atoms with van der Waals surface area (Å²) in [5.41, 5.74) is -5.30. The summed E-state index contributed by atoms with van der Waals surface area (Å²) in [5.74, 6) is 0. The van der Waals surface area contributed by atoms with E-state index in [1.807, 2.05) is 0 Å². The largest absolute Gasteiger partial charge is 5.00 e. The molecule has 0 heterocycles. The fraction of sp³-hybridized carbons (Fsp3) is 0.314. The molecule has 15 heteroatoms. The minimum Gasteiger partial charge on any atom is -0.844 e. The Balaban J connectivity index is 0.00000217. The van der Waals surface area contributed by atoms with Gasteiger partial charge in [-0.15, -0.1) is 6.04 Å². The number of nitrogens with zero attached hydrogens (tertiary/aromatic N) is 4. The topological polar surface area (TPSA) is 114 Å². The smallest absolute Gasteiger partial charge is 0.844 e. The maximum absolute atomic E-state index is 14.9. The Hall–Kier alpha value is -3.05. The Bertz CT molecular complexity index is 1540. The molecule has 0 aliphatic carbocycles. The summed E-state index contributed by atoms with van der Waals surface area (Å²) in [5, 5.41) is 25.4. The molecule has 0 N–H and O–H groups in total. The van der Waals surface area contributed by atoms with Crippen LogP contribution in [0.2, 0.25) is 0 Å². The zero-order valence-corrected chi connectivity index (χ0v) is 32.3. The van der Waals surface area contributed by atoms with Crippen LogP contribution >= 0.6 is 0 Å². The van der Waals surface area contributed by atoms with Crippen LogP contribution < -0.4 is 5.11 Å². The van der Waals surface area contributed by atoms with Crippen LogP contribution in [-0.2, 0) is 56.8 Å². The molecule has 0 aromatic heterocycles. The number of hydrogen-bond acceptors (Lipinski definition) is 3. The van der Waals surface area contributed by atoms with Crippen molar-refractivity contribution in [2.75, 3.05) is 42.3 Å². The predicted molar refractivity (Wildman–Crippen MR) is 180 cm³/mol. The summed E-state index contributed by atoms with van der Waals surface area (Å²) in [7, 11) is 5.28. The first-order chi connectivity index (χ1) is 23.0. The van der Waals surface area contributed by atoms with Crippen molar-refractivity contribution in [2.45, 2.75) is 35.3 Å². The third kappa shape index (κ3) is 14.3. The average molecular weight is 891 g/mol. The second kappa shape index (κ2) is 22.0. The summed E-state index contributed by atoms with van der Waals surface area (Å²) in [6.45, 7) is 0. The van der Waals surface area contributed by atoms with Crippen LogP contribution in [-0.4, -0.2) is 56.7 Å². The van der Waals surface area contributed by atoms with Gasteiger partial charge in [-0.2, -0.15) is 68.6 Å². The summed E-state index contributed by atoms with van der Waals surface area (Å²) >= 11 is 0. The Morgan fingerprint density at radius 2 is 0.900 bits per heavy atom. The number of benzene rings is 4. The van der Waals surface area contributed by atoms with E-state index in [4.69, 9.17) is 0 Å². The molecule has 4 aromatic carbocycles. The molecule has 0 unspecified atom stereocenters. The van der Waals surface area contributed by atoms with Gasteiger partial charge < -0.3 is 25.8 Å². The van der Waals surface area contributed by atoms with Crippen molar-refractivity contribution >= 4 is 10.0 Å². The number of alkyl halides is 6. The third-order valence-corrected chi connectivity index (χ3v) is 7.63. The maximum atomic E-state index is 14.9. The van der Waals surface area contributed by atoms with E-state index in [-0.39, 0.29) is 58.1 Å². The fourth-order valence-electron chi connectivity index (χ4n) is 4.32. The normalized spacial score (nSPS) is 12.0. The number of halogens is 6.